The van der Waals surface area contributed by atoms with E-state index in [9.17, 15) is 0 Å². The number of nitrogens with zero attached hydrogens (tertiary/aromatic N) is 2. The van der Waals surface area contributed by atoms with Crippen molar-refractivity contribution in [3.8, 4) is 23.0 Å². The molecule has 1 aromatic heterocycles. The van der Waals surface area contributed by atoms with E-state index in [0.717, 1.165) is 11.3 Å². The minimum atomic E-state index is 0.572. The molecule has 0 aliphatic rings. The monoisotopic (exact) mass is 396 g/mol. The van der Waals surface area contributed by atoms with Gasteiger partial charge in [0, 0.05) is 18.7 Å². The van der Waals surface area contributed by atoms with E-state index in [2.05, 4.69) is 20.6 Å². The molecule has 0 amide bonds. The van der Waals surface area contributed by atoms with Crippen LogP contribution in [0, 0.1) is 0 Å². The van der Waals surface area contributed by atoms with Gasteiger partial charge in [-0.3, -0.25) is 0 Å². The summed E-state index contributed by atoms with van der Waals surface area (Å²) in [5, 5.41) is 6.52. The van der Waals surface area contributed by atoms with Crippen LogP contribution in [0.5, 0.6) is 23.0 Å². The van der Waals surface area contributed by atoms with Gasteiger partial charge in [0.05, 0.1) is 34.1 Å². The number of aromatic nitrogens is 2. The van der Waals surface area contributed by atoms with Gasteiger partial charge in [-0.25, -0.2) is 9.97 Å². The van der Waals surface area contributed by atoms with E-state index in [-0.39, 0.29) is 0 Å². The van der Waals surface area contributed by atoms with Crippen LogP contribution in [0.15, 0.2) is 48.8 Å². The zero-order valence-electron chi connectivity index (χ0n) is 16.9. The van der Waals surface area contributed by atoms with Crippen LogP contribution in [0.2, 0.25) is 0 Å². The molecule has 3 rings (SSSR count). The first-order valence-electron chi connectivity index (χ1n) is 8.92. The second-order valence-electron chi connectivity index (χ2n) is 6.02. The molecule has 2 aromatic carbocycles. The van der Waals surface area contributed by atoms with E-state index in [1.807, 2.05) is 36.4 Å². The van der Waals surface area contributed by atoms with Gasteiger partial charge >= 0.3 is 0 Å². The van der Waals surface area contributed by atoms with Crippen molar-refractivity contribution in [2.75, 3.05) is 39.1 Å². The van der Waals surface area contributed by atoms with Crippen molar-refractivity contribution in [1.29, 1.82) is 0 Å². The quantitative estimate of drug-likeness (QED) is 0.564. The molecule has 29 heavy (non-hydrogen) atoms. The molecule has 0 aliphatic heterocycles. The number of anilines is 3. The lowest BCUT2D eigenvalue weighted by atomic mass is 10.2. The summed E-state index contributed by atoms with van der Waals surface area (Å²) in [6.07, 6.45) is 1.50. The first-order valence-corrected chi connectivity index (χ1v) is 8.92. The molecular weight excluding hydrogens is 372 g/mol. The Labute approximate surface area is 169 Å². The van der Waals surface area contributed by atoms with Gasteiger partial charge in [0.1, 0.15) is 29.5 Å². The predicted molar refractivity (Wildman–Crippen MR) is 112 cm³/mol. The molecule has 0 spiro atoms. The van der Waals surface area contributed by atoms with Crippen molar-refractivity contribution in [3.63, 3.8) is 0 Å². The van der Waals surface area contributed by atoms with E-state index >= 15 is 0 Å². The summed E-state index contributed by atoms with van der Waals surface area (Å²) >= 11 is 0. The number of methoxy groups -OCH3 is 4. The summed E-state index contributed by atoms with van der Waals surface area (Å²) in [5.41, 5.74) is 1.81. The third-order valence-corrected chi connectivity index (χ3v) is 4.26. The molecule has 152 valence electrons. The number of hydrogen-bond acceptors (Lipinski definition) is 8. The van der Waals surface area contributed by atoms with Crippen molar-refractivity contribution in [2.24, 2.45) is 0 Å². The zero-order valence-corrected chi connectivity index (χ0v) is 16.9. The lowest BCUT2D eigenvalue weighted by Crippen LogP contribution is -2.04. The van der Waals surface area contributed by atoms with Crippen LogP contribution in [0.25, 0.3) is 0 Å². The first kappa shape index (κ1) is 20.1. The smallest absolute Gasteiger partial charge is 0.161 e. The molecule has 0 fully saturated rings. The van der Waals surface area contributed by atoms with Crippen molar-refractivity contribution < 1.29 is 18.9 Å². The molecular formula is C21H24N4O4. The van der Waals surface area contributed by atoms with Crippen molar-refractivity contribution >= 4 is 17.3 Å². The van der Waals surface area contributed by atoms with Crippen LogP contribution in [0.3, 0.4) is 0 Å². The number of hydrogen-bond donors (Lipinski definition) is 2. The summed E-state index contributed by atoms with van der Waals surface area (Å²) in [6, 6.07) is 13.1. The minimum Gasteiger partial charge on any atom is -0.497 e. The molecule has 0 aliphatic carbocycles. The molecule has 3 aromatic rings. The third-order valence-electron chi connectivity index (χ3n) is 4.26. The molecule has 0 radical (unpaired) electrons. The second-order valence-corrected chi connectivity index (χ2v) is 6.02. The van der Waals surface area contributed by atoms with Crippen LogP contribution in [0.4, 0.5) is 17.3 Å². The van der Waals surface area contributed by atoms with Crippen LogP contribution >= 0.6 is 0 Å². The van der Waals surface area contributed by atoms with Crippen molar-refractivity contribution in [3.05, 3.63) is 54.4 Å². The summed E-state index contributed by atoms with van der Waals surface area (Å²) in [4.78, 5) is 8.55. The van der Waals surface area contributed by atoms with E-state index < -0.39 is 0 Å². The van der Waals surface area contributed by atoms with Crippen LogP contribution in [-0.4, -0.2) is 38.4 Å². The van der Waals surface area contributed by atoms with E-state index in [4.69, 9.17) is 18.9 Å². The highest BCUT2D eigenvalue weighted by Crippen LogP contribution is 2.31. The number of ether oxygens (including phenoxy) is 4. The highest BCUT2D eigenvalue weighted by Gasteiger charge is 2.08. The SMILES string of the molecule is COc1ccc(Nc2cc(NCc3ccc(OC)c(OC)c3)ncn2)c(OC)c1. The van der Waals surface area contributed by atoms with Crippen LogP contribution in [0.1, 0.15) is 5.56 Å². The lowest BCUT2D eigenvalue weighted by molar-refractivity contribution is 0.354. The average molecular weight is 396 g/mol. The number of benzene rings is 2. The highest BCUT2D eigenvalue weighted by atomic mass is 16.5. The standard InChI is InChI=1S/C21H24N4O4/c1-26-15-6-7-16(18(10-15)28-3)25-21-11-20(23-13-24-21)22-12-14-5-8-17(27-2)19(9-14)29-4/h5-11,13H,12H2,1-4H3,(H2,22,23,24,25). The third kappa shape index (κ3) is 4.98. The normalized spacial score (nSPS) is 10.2. The Morgan fingerprint density at radius 1 is 0.724 bits per heavy atom. The van der Waals surface area contributed by atoms with Gasteiger partial charge in [0.2, 0.25) is 0 Å². The van der Waals surface area contributed by atoms with Gasteiger partial charge in [-0.15, -0.1) is 0 Å². The Bertz CT molecular complexity index is 965. The fourth-order valence-electron chi connectivity index (χ4n) is 2.75. The fraction of sp³-hybridized carbons (Fsp3) is 0.238. The van der Waals surface area contributed by atoms with E-state index in [1.165, 1.54) is 6.33 Å². The van der Waals surface area contributed by atoms with Crippen molar-refractivity contribution in [2.45, 2.75) is 6.54 Å². The van der Waals surface area contributed by atoms with E-state index in [1.54, 1.807) is 34.5 Å². The van der Waals surface area contributed by atoms with Gasteiger partial charge < -0.3 is 29.6 Å². The summed E-state index contributed by atoms with van der Waals surface area (Å²) in [5.74, 6) is 4.07. The average Bonchev–Trinajstić information content (AvgIpc) is 2.78. The summed E-state index contributed by atoms with van der Waals surface area (Å²) < 4.78 is 21.2. The molecule has 0 unspecified atom stereocenters. The largest absolute Gasteiger partial charge is 0.497 e. The summed E-state index contributed by atoms with van der Waals surface area (Å²) in [6.45, 7) is 0.572. The number of nitrogens with one attached hydrogen (secondary N) is 2. The molecule has 0 atom stereocenters. The minimum absolute atomic E-state index is 0.572. The summed E-state index contributed by atoms with van der Waals surface area (Å²) in [7, 11) is 6.45. The lowest BCUT2D eigenvalue weighted by Gasteiger charge is -2.13. The Hall–Kier alpha value is -3.68. The van der Waals surface area contributed by atoms with Gasteiger partial charge in [0.25, 0.3) is 0 Å². The van der Waals surface area contributed by atoms with Gasteiger partial charge in [-0.05, 0) is 29.8 Å². The molecule has 0 saturated heterocycles. The Morgan fingerprint density at radius 2 is 1.48 bits per heavy atom. The molecule has 0 bridgehead atoms. The first-order chi connectivity index (χ1) is 14.2. The predicted octanol–water partition coefficient (Wildman–Crippen LogP) is 3.87. The Kier molecular flexibility index (Phi) is 6.57. The Morgan fingerprint density at radius 3 is 2.21 bits per heavy atom. The maximum absolute atomic E-state index is 5.41. The van der Waals surface area contributed by atoms with Crippen molar-refractivity contribution in [1.82, 2.24) is 9.97 Å². The van der Waals surface area contributed by atoms with Gasteiger partial charge in [-0.1, -0.05) is 6.07 Å². The van der Waals surface area contributed by atoms with Gasteiger partial charge in [-0.2, -0.15) is 0 Å². The second kappa shape index (κ2) is 9.50. The molecule has 1 heterocycles. The van der Waals surface area contributed by atoms with E-state index in [0.29, 0.717) is 41.2 Å². The fourth-order valence-corrected chi connectivity index (χ4v) is 2.75. The topological polar surface area (TPSA) is 86.8 Å². The van der Waals surface area contributed by atoms with Crippen LogP contribution in [-0.2, 0) is 6.54 Å². The highest BCUT2D eigenvalue weighted by molar-refractivity contribution is 5.66. The zero-order chi connectivity index (χ0) is 20.6. The number of rotatable bonds is 9. The Balaban J connectivity index is 1.70. The molecule has 8 nitrogen and oxygen atoms in total. The maximum atomic E-state index is 5.41. The van der Waals surface area contributed by atoms with Crippen LogP contribution < -0.4 is 29.6 Å². The maximum Gasteiger partial charge on any atom is 0.161 e. The molecule has 8 heteroatoms. The molecule has 0 saturated carbocycles. The molecule has 2 N–H and O–H groups in total. The van der Waals surface area contributed by atoms with Gasteiger partial charge in [0.15, 0.2) is 11.5 Å².